The fraction of sp³-hybridized carbons (Fsp3) is 0.889. The van der Waals surface area contributed by atoms with Gasteiger partial charge in [-0.05, 0) is 74.9 Å². The molecule has 1 atom stereocenters. The van der Waals surface area contributed by atoms with Gasteiger partial charge in [0.15, 0.2) is 0 Å². The lowest BCUT2D eigenvalue weighted by atomic mass is 9.77. The summed E-state index contributed by atoms with van der Waals surface area (Å²) < 4.78 is 0.407. The Labute approximate surface area is 157 Å². The van der Waals surface area contributed by atoms with Gasteiger partial charge in [-0.15, -0.1) is 0 Å². The predicted molar refractivity (Wildman–Crippen MR) is 117 cm³/mol. The third-order valence-corrected chi connectivity index (χ3v) is 9.50. The largest absolute Gasteiger partial charge is 0.0929 e. The molecule has 0 radical (unpaired) electrons. The minimum absolute atomic E-state index is 0.111. The molecule has 0 bridgehead atoms. The van der Waals surface area contributed by atoms with Crippen molar-refractivity contribution in [3.63, 3.8) is 0 Å². The molecule has 0 amide bonds. The van der Waals surface area contributed by atoms with E-state index >= 15 is 0 Å². The van der Waals surface area contributed by atoms with Crippen LogP contribution < -0.4 is 0 Å². The Balaban J connectivity index is 4.80. The van der Waals surface area contributed by atoms with Gasteiger partial charge in [-0.1, -0.05) is 73.7 Å². The molecule has 0 spiro atoms. The molecule has 0 heterocycles. The Kier molecular flexibility index (Phi) is 8.64. The van der Waals surface area contributed by atoms with Crippen LogP contribution in [0.15, 0.2) is 0 Å². The lowest BCUT2D eigenvalue weighted by Crippen LogP contribution is -2.32. The molecule has 22 heavy (non-hydrogen) atoms. The summed E-state index contributed by atoms with van der Waals surface area (Å²) in [6, 6.07) is 0. The number of thiocarbonyl (C=S) groups is 2. The van der Waals surface area contributed by atoms with Gasteiger partial charge < -0.3 is 0 Å². The summed E-state index contributed by atoms with van der Waals surface area (Å²) in [5.74, 6) is 0. The first-order chi connectivity index (χ1) is 9.69. The van der Waals surface area contributed by atoms with Crippen LogP contribution in [-0.4, -0.2) is 19.7 Å². The second-order valence-electron chi connectivity index (χ2n) is 8.62. The first kappa shape index (κ1) is 22.9. The molecule has 0 N–H and O–H groups in total. The normalized spacial score (nSPS) is 16.2. The van der Waals surface area contributed by atoms with Crippen molar-refractivity contribution in [2.24, 2.45) is 10.8 Å². The molecule has 0 aliphatic rings. The van der Waals surface area contributed by atoms with Crippen LogP contribution in [0.3, 0.4) is 0 Å². The standard InChI is InChI=1S/C18H34S4/c1-10-18(9,14(2)20)12-17(7,8)22-21-16(5,6)11-15(3,4)13-19/h13H,10-12H2,1-9H3. The van der Waals surface area contributed by atoms with E-state index in [9.17, 15) is 0 Å². The van der Waals surface area contributed by atoms with E-state index in [-0.39, 0.29) is 20.3 Å². The fourth-order valence-electron chi connectivity index (χ4n) is 2.86. The van der Waals surface area contributed by atoms with Crippen molar-refractivity contribution in [2.45, 2.75) is 91.1 Å². The summed E-state index contributed by atoms with van der Waals surface area (Å²) in [6.45, 7) is 20.4. The summed E-state index contributed by atoms with van der Waals surface area (Å²) in [5, 5.41) is 1.91. The highest BCUT2D eigenvalue weighted by Gasteiger charge is 2.36. The van der Waals surface area contributed by atoms with E-state index in [1.165, 1.54) is 0 Å². The van der Waals surface area contributed by atoms with Crippen LogP contribution in [0.5, 0.6) is 0 Å². The maximum atomic E-state index is 5.51. The smallest absolute Gasteiger partial charge is 0.0216 e. The SMILES string of the molecule is CCC(C)(CC(C)(C)SSC(C)(C)CC(C)(C)C=S)C(C)=S. The second-order valence-corrected chi connectivity index (χ2v) is 13.0. The highest BCUT2D eigenvalue weighted by molar-refractivity contribution is 8.77. The highest BCUT2D eigenvalue weighted by Crippen LogP contribution is 2.51. The van der Waals surface area contributed by atoms with E-state index in [0.29, 0.717) is 0 Å². The van der Waals surface area contributed by atoms with Crippen LogP contribution in [0, 0.1) is 10.8 Å². The van der Waals surface area contributed by atoms with Gasteiger partial charge in [0.1, 0.15) is 0 Å². The van der Waals surface area contributed by atoms with Gasteiger partial charge in [-0.25, -0.2) is 0 Å². The average molecular weight is 379 g/mol. The minimum atomic E-state index is 0.111. The molecule has 4 heteroatoms. The molecule has 130 valence electrons. The number of rotatable bonds is 10. The van der Waals surface area contributed by atoms with Gasteiger partial charge in [0.2, 0.25) is 0 Å². The Morgan fingerprint density at radius 1 is 0.909 bits per heavy atom. The van der Waals surface area contributed by atoms with E-state index in [2.05, 4.69) is 62.3 Å². The molecule has 0 aromatic rings. The van der Waals surface area contributed by atoms with E-state index in [4.69, 9.17) is 24.4 Å². The molecule has 0 aromatic carbocycles. The van der Waals surface area contributed by atoms with Gasteiger partial charge in [-0.3, -0.25) is 0 Å². The fourth-order valence-corrected chi connectivity index (χ4v) is 6.13. The van der Waals surface area contributed by atoms with E-state index < -0.39 is 0 Å². The van der Waals surface area contributed by atoms with Gasteiger partial charge in [-0.2, -0.15) is 0 Å². The predicted octanol–water partition coefficient (Wildman–Crippen LogP) is 7.54. The zero-order valence-corrected chi connectivity index (χ0v) is 19.1. The summed E-state index contributed by atoms with van der Waals surface area (Å²) in [5.41, 5.74) is 0.268. The van der Waals surface area contributed by atoms with Gasteiger partial charge in [0, 0.05) is 9.49 Å². The summed E-state index contributed by atoms with van der Waals surface area (Å²) in [4.78, 5) is 1.13. The zero-order valence-electron chi connectivity index (χ0n) is 15.8. The Morgan fingerprint density at radius 3 is 1.64 bits per heavy atom. The van der Waals surface area contributed by atoms with Crippen LogP contribution in [0.1, 0.15) is 81.6 Å². The molecule has 1 unspecified atom stereocenters. The van der Waals surface area contributed by atoms with E-state index in [1.807, 2.05) is 27.0 Å². The molecular formula is C18H34S4. The van der Waals surface area contributed by atoms with Crippen LogP contribution in [0.2, 0.25) is 0 Å². The molecule has 0 fully saturated rings. The molecule has 0 rings (SSSR count). The van der Waals surface area contributed by atoms with Crippen LogP contribution in [-0.2, 0) is 0 Å². The summed E-state index contributed by atoms with van der Waals surface area (Å²) >= 11 is 10.7. The summed E-state index contributed by atoms with van der Waals surface area (Å²) in [6.07, 6.45) is 3.32. The van der Waals surface area contributed by atoms with E-state index in [0.717, 1.165) is 24.1 Å². The Bertz CT molecular complexity index is 396. The third kappa shape index (κ3) is 8.12. The minimum Gasteiger partial charge on any atom is -0.0929 e. The molecule has 0 aromatic heterocycles. The van der Waals surface area contributed by atoms with Crippen molar-refractivity contribution in [3.05, 3.63) is 0 Å². The molecule has 0 aliphatic carbocycles. The maximum Gasteiger partial charge on any atom is 0.0216 e. The van der Waals surface area contributed by atoms with Crippen LogP contribution in [0.4, 0.5) is 0 Å². The first-order valence-electron chi connectivity index (χ1n) is 8.03. The van der Waals surface area contributed by atoms with Gasteiger partial charge in [0.05, 0.1) is 0 Å². The lowest BCUT2D eigenvalue weighted by Gasteiger charge is -2.38. The number of hydrogen-bond donors (Lipinski definition) is 0. The number of hydrogen-bond acceptors (Lipinski definition) is 4. The Hall–Kier alpha value is 0.880. The van der Waals surface area contributed by atoms with E-state index in [1.54, 1.807) is 0 Å². The molecule has 0 nitrogen and oxygen atoms in total. The molecule has 0 saturated heterocycles. The third-order valence-electron chi connectivity index (χ3n) is 4.14. The van der Waals surface area contributed by atoms with Crippen molar-refractivity contribution in [1.29, 1.82) is 0 Å². The van der Waals surface area contributed by atoms with Crippen molar-refractivity contribution in [2.75, 3.05) is 0 Å². The molecule has 0 saturated carbocycles. The zero-order chi connectivity index (χ0) is 17.8. The van der Waals surface area contributed by atoms with Crippen molar-refractivity contribution >= 4 is 56.3 Å². The topological polar surface area (TPSA) is 0 Å². The van der Waals surface area contributed by atoms with Crippen molar-refractivity contribution in [3.8, 4) is 0 Å². The quantitative estimate of drug-likeness (QED) is 0.284. The monoisotopic (exact) mass is 378 g/mol. The Morgan fingerprint density at radius 2 is 1.32 bits per heavy atom. The summed E-state index contributed by atoms with van der Waals surface area (Å²) in [7, 11) is 4.00. The average Bonchev–Trinajstić information content (AvgIpc) is 2.35. The highest BCUT2D eigenvalue weighted by atomic mass is 33.1. The first-order valence-corrected chi connectivity index (χ1v) is 11.1. The van der Waals surface area contributed by atoms with Crippen LogP contribution in [0.25, 0.3) is 0 Å². The van der Waals surface area contributed by atoms with Crippen molar-refractivity contribution in [1.82, 2.24) is 0 Å². The maximum absolute atomic E-state index is 5.51. The van der Waals surface area contributed by atoms with Crippen LogP contribution >= 0.6 is 46.0 Å². The second kappa shape index (κ2) is 8.31. The molecule has 0 aliphatic heterocycles. The van der Waals surface area contributed by atoms with Gasteiger partial charge >= 0.3 is 0 Å². The van der Waals surface area contributed by atoms with Gasteiger partial charge in [0.25, 0.3) is 0 Å². The lowest BCUT2D eigenvalue weighted by molar-refractivity contribution is 0.375. The molecular weight excluding hydrogens is 344 g/mol. The van der Waals surface area contributed by atoms with Crippen molar-refractivity contribution < 1.29 is 0 Å².